The number of benzene rings is 1. The summed E-state index contributed by atoms with van der Waals surface area (Å²) >= 11 is 11.5. The fraction of sp³-hybridized carbons (Fsp3) is 0.462. The van der Waals surface area contributed by atoms with Crippen LogP contribution in [0.25, 0.3) is 0 Å². The number of hydrogen-bond donors (Lipinski definition) is 1. The minimum Gasteiger partial charge on any atom is -0.311 e. The van der Waals surface area contributed by atoms with E-state index in [-0.39, 0.29) is 22.0 Å². The Bertz CT molecular complexity index is 510. The van der Waals surface area contributed by atoms with Gasteiger partial charge in [0.1, 0.15) is 0 Å². The predicted octanol–water partition coefficient (Wildman–Crippen LogP) is 2.99. The Labute approximate surface area is 120 Å². The molecule has 0 aromatic heterocycles. The van der Waals surface area contributed by atoms with Crippen molar-refractivity contribution in [2.75, 3.05) is 11.4 Å². The van der Waals surface area contributed by atoms with Crippen molar-refractivity contribution in [1.29, 1.82) is 0 Å². The molecule has 1 aromatic carbocycles. The summed E-state index contributed by atoms with van der Waals surface area (Å²) in [6.07, 6.45) is 3.03. The van der Waals surface area contributed by atoms with E-state index in [9.17, 15) is 9.18 Å². The Morgan fingerprint density at radius 2 is 1.84 bits per heavy atom. The van der Waals surface area contributed by atoms with Crippen LogP contribution in [0.3, 0.4) is 0 Å². The van der Waals surface area contributed by atoms with Gasteiger partial charge in [0.05, 0.1) is 16.1 Å². The van der Waals surface area contributed by atoms with E-state index in [1.165, 1.54) is 12.1 Å². The van der Waals surface area contributed by atoms with Gasteiger partial charge in [-0.05, 0) is 31.4 Å². The maximum atomic E-state index is 13.4. The summed E-state index contributed by atoms with van der Waals surface area (Å²) in [5.74, 6) is -0.642. The molecule has 1 saturated carbocycles. The number of carbonyl (C=O) groups excluding carboxylic acids is 1. The van der Waals surface area contributed by atoms with Crippen LogP contribution in [0, 0.1) is 5.82 Å². The number of amides is 1. The van der Waals surface area contributed by atoms with Crippen LogP contribution in [0.5, 0.6) is 0 Å². The van der Waals surface area contributed by atoms with E-state index in [4.69, 9.17) is 23.2 Å². The maximum absolute atomic E-state index is 13.4. The molecule has 0 bridgehead atoms. The largest absolute Gasteiger partial charge is 0.311 e. The molecule has 3 rings (SSSR count). The molecule has 0 radical (unpaired) electrons. The molecule has 3 nitrogen and oxygen atoms in total. The summed E-state index contributed by atoms with van der Waals surface area (Å²) < 4.78 is 13.4. The van der Waals surface area contributed by atoms with Gasteiger partial charge in [-0.15, -0.1) is 0 Å². The summed E-state index contributed by atoms with van der Waals surface area (Å²) in [5.41, 5.74) is 0.557. The highest BCUT2D eigenvalue weighted by Gasteiger charge is 2.36. The zero-order valence-corrected chi connectivity index (χ0v) is 11.6. The van der Waals surface area contributed by atoms with Crippen molar-refractivity contribution >= 4 is 34.8 Å². The summed E-state index contributed by atoms with van der Waals surface area (Å²) in [6, 6.07) is 3.23. The Kier molecular flexibility index (Phi) is 3.41. The fourth-order valence-corrected chi connectivity index (χ4v) is 2.80. The zero-order valence-electron chi connectivity index (χ0n) is 10.1. The lowest BCUT2D eigenvalue weighted by atomic mass is 10.2. The molecule has 1 unspecified atom stereocenters. The minimum absolute atomic E-state index is 0.00522. The molecule has 1 atom stereocenters. The smallest absolute Gasteiger partial charge is 0.244 e. The monoisotopic (exact) mass is 302 g/mol. The van der Waals surface area contributed by atoms with Crippen molar-refractivity contribution in [2.24, 2.45) is 0 Å². The van der Waals surface area contributed by atoms with Crippen LogP contribution in [0.1, 0.15) is 19.3 Å². The van der Waals surface area contributed by atoms with Crippen LogP contribution in [-0.2, 0) is 4.79 Å². The maximum Gasteiger partial charge on any atom is 0.244 e. The van der Waals surface area contributed by atoms with Crippen LogP contribution >= 0.6 is 23.2 Å². The van der Waals surface area contributed by atoms with E-state index in [0.717, 1.165) is 19.3 Å². The first kappa shape index (κ1) is 13.2. The first-order chi connectivity index (χ1) is 9.06. The number of carbonyl (C=O) groups is 1. The van der Waals surface area contributed by atoms with Crippen molar-refractivity contribution in [1.82, 2.24) is 5.32 Å². The molecule has 2 aliphatic rings. The van der Waals surface area contributed by atoms with Gasteiger partial charge in [0.15, 0.2) is 5.82 Å². The second kappa shape index (κ2) is 4.93. The number of anilines is 1. The van der Waals surface area contributed by atoms with Gasteiger partial charge >= 0.3 is 0 Å². The van der Waals surface area contributed by atoms with Crippen molar-refractivity contribution < 1.29 is 9.18 Å². The molecule has 1 saturated heterocycles. The minimum atomic E-state index is -0.647. The van der Waals surface area contributed by atoms with Gasteiger partial charge in [0, 0.05) is 18.3 Å². The number of hydrogen-bond acceptors (Lipinski definition) is 2. The van der Waals surface area contributed by atoms with Crippen molar-refractivity contribution in [3.05, 3.63) is 28.0 Å². The van der Waals surface area contributed by atoms with Crippen LogP contribution in [0.15, 0.2) is 12.1 Å². The van der Waals surface area contributed by atoms with Gasteiger partial charge in [-0.1, -0.05) is 23.2 Å². The normalized spacial score (nSPS) is 23.2. The predicted molar refractivity (Wildman–Crippen MR) is 73.3 cm³/mol. The summed E-state index contributed by atoms with van der Waals surface area (Å²) in [5, 5.41) is 3.19. The van der Waals surface area contributed by atoms with Crippen molar-refractivity contribution in [3.63, 3.8) is 0 Å². The Balaban J connectivity index is 1.80. The molecule has 1 aliphatic carbocycles. The summed E-state index contributed by atoms with van der Waals surface area (Å²) in [7, 11) is 0. The van der Waals surface area contributed by atoms with Crippen LogP contribution in [0.2, 0.25) is 10.0 Å². The first-order valence-corrected chi connectivity index (χ1v) is 7.04. The zero-order chi connectivity index (χ0) is 13.6. The van der Waals surface area contributed by atoms with Gasteiger partial charge < -0.3 is 10.2 Å². The van der Waals surface area contributed by atoms with Crippen LogP contribution in [0.4, 0.5) is 10.1 Å². The van der Waals surface area contributed by atoms with Crippen LogP contribution in [-0.4, -0.2) is 24.5 Å². The highest BCUT2D eigenvalue weighted by atomic mass is 35.5. The van der Waals surface area contributed by atoms with E-state index in [1.807, 2.05) is 0 Å². The Morgan fingerprint density at radius 3 is 2.42 bits per heavy atom. The van der Waals surface area contributed by atoms with E-state index in [1.54, 1.807) is 4.90 Å². The molecule has 1 aromatic rings. The third-order valence-electron chi connectivity index (χ3n) is 3.50. The lowest BCUT2D eigenvalue weighted by molar-refractivity contribution is -0.118. The lowest BCUT2D eigenvalue weighted by Crippen LogP contribution is -2.39. The SMILES string of the molecule is O=C1C(NC2CC2)CCN1c1cc(Cl)c(F)c(Cl)c1. The average Bonchev–Trinajstić information content (AvgIpc) is 3.11. The highest BCUT2D eigenvalue weighted by Crippen LogP contribution is 2.32. The second-order valence-corrected chi connectivity index (χ2v) is 5.81. The molecule has 1 N–H and O–H groups in total. The fourth-order valence-electron chi connectivity index (χ4n) is 2.32. The van der Waals surface area contributed by atoms with Crippen molar-refractivity contribution in [2.45, 2.75) is 31.3 Å². The quantitative estimate of drug-likeness (QED) is 0.871. The Hall–Kier alpha value is -0.840. The third kappa shape index (κ3) is 2.57. The second-order valence-electron chi connectivity index (χ2n) is 5.00. The molecule has 102 valence electrons. The molecule has 6 heteroatoms. The van der Waals surface area contributed by atoms with Gasteiger partial charge in [-0.25, -0.2) is 4.39 Å². The molecular weight excluding hydrogens is 290 g/mol. The molecule has 19 heavy (non-hydrogen) atoms. The van der Waals surface area contributed by atoms with E-state index >= 15 is 0 Å². The number of rotatable bonds is 3. The van der Waals surface area contributed by atoms with E-state index in [2.05, 4.69) is 5.32 Å². The molecule has 2 fully saturated rings. The van der Waals surface area contributed by atoms with Gasteiger partial charge in [-0.3, -0.25) is 4.79 Å². The molecule has 1 amide bonds. The molecule has 1 heterocycles. The number of halogens is 3. The summed E-state index contributed by atoms with van der Waals surface area (Å²) in [6.45, 7) is 0.599. The van der Waals surface area contributed by atoms with E-state index in [0.29, 0.717) is 18.3 Å². The van der Waals surface area contributed by atoms with Crippen LogP contribution < -0.4 is 10.2 Å². The van der Waals surface area contributed by atoms with E-state index < -0.39 is 5.82 Å². The van der Waals surface area contributed by atoms with Gasteiger partial charge in [0.2, 0.25) is 5.91 Å². The Morgan fingerprint density at radius 1 is 1.21 bits per heavy atom. The topological polar surface area (TPSA) is 32.3 Å². The average molecular weight is 303 g/mol. The molecule has 0 spiro atoms. The summed E-state index contributed by atoms with van der Waals surface area (Å²) in [4.78, 5) is 13.9. The van der Waals surface area contributed by atoms with Gasteiger partial charge in [-0.2, -0.15) is 0 Å². The lowest BCUT2D eigenvalue weighted by Gasteiger charge is -2.18. The number of nitrogens with one attached hydrogen (secondary N) is 1. The standard InChI is InChI=1S/C13H13Cl2FN2O/c14-9-5-8(6-10(15)12(9)16)18-4-3-11(13(18)19)17-7-1-2-7/h5-7,11,17H,1-4H2. The first-order valence-electron chi connectivity index (χ1n) is 6.28. The molecular formula is C13H13Cl2FN2O. The van der Waals surface area contributed by atoms with Gasteiger partial charge in [0.25, 0.3) is 0 Å². The highest BCUT2D eigenvalue weighted by molar-refractivity contribution is 6.35. The van der Waals surface area contributed by atoms with Crippen molar-refractivity contribution in [3.8, 4) is 0 Å². The molecule has 1 aliphatic heterocycles. The third-order valence-corrected chi connectivity index (χ3v) is 4.05. The number of nitrogens with zero attached hydrogens (tertiary/aromatic N) is 1.